The average molecular weight is 265 g/mol. The van der Waals surface area contributed by atoms with E-state index in [9.17, 15) is 4.79 Å². The molecule has 1 fully saturated rings. The molecule has 0 spiro atoms. The van der Waals surface area contributed by atoms with Crippen LogP contribution in [0, 0.1) is 0 Å². The summed E-state index contributed by atoms with van der Waals surface area (Å²) in [5, 5.41) is 9.05. The van der Waals surface area contributed by atoms with Crippen molar-refractivity contribution in [2.75, 3.05) is 18.1 Å². The van der Waals surface area contributed by atoms with E-state index >= 15 is 0 Å². The number of rotatable bonds is 6. The predicted octanol–water partition coefficient (Wildman–Crippen LogP) is 1.71. The highest BCUT2D eigenvalue weighted by Crippen LogP contribution is 2.26. The maximum atomic E-state index is 11.0. The van der Waals surface area contributed by atoms with E-state index < -0.39 is 5.97 Å². The van der Waals surface area contributed by atoms with Gasteiger partial charge in [-0.1, -0.05) is 12.8 Å². The number of carboxylic acid groups (broad SMARTS) is 1. The summed E-state index contributed by atoms with van der Waals surface area (Å²) in [7, 11) is 0. The van der Waals surface area contributed by atoms with Crippen molar-refractivity contribution in [3.8, 4) is 5.88 Å². The molecule has 1 heterocycles. The number of nitrogens with zero attached hydrogens (tertiary/aromatic N) is 3. The SMILES string of the molecule is CCOc1ccnc(N(CC(=O)O)C2CCCC2)n1. The summed E-state index contributed by atoms with van der Waals surface area (Å²) in [4.78, 5) is 21.3. The summed E-state index contributed by atoms with van der Waals surface area (Å²) in [6.07, 6.45) is 5.86. The van der Waals surface area contributed by atoms with Crippen molar-refractivity contribution < 1.29 is 14.6 Å². The zero-order chi connectivity index (χ0) is 13.7. The molecule has 1 saturated carbocycles. The molecule has 104 valence electrons. The van der Waals surface area contributed by atoms with Crippen LogP contribution in [0.4, 0.5) is 5.95 Å². The maximum Gasteiger partial charge on any atom is 0.323 e. The zero-order valence-corrected chi connectivity index (χ0v) is 11.1. The van der Waals surface area contributed by atoms with Gasteiger partial charge in [-0.05, 0) is 19.8 Å². The molecule has 0 atom stereocenters. The molecule has 19 heavy (non-hydrogen) atoms. The van der Waals surface area contributed by atoms with Gasteiger partial charge in [0.1, 0.15) is 6.54 Å². The molecule has 1 aliphatic carbocycles. The summed E-state index contributed by atoms with van der Waals surface area (Å²) < 4.78 is 5.34. The fourth-order valence-electron chi connectivity index (χ4n) is 2.42. The van der Waals surface area contributed by atoms with Gasteiger partial charge in [-0.15, -0.1) is 0 Å². The third-order valence-corrected chi connectivity index (χ3v) is 3.24. The van der Waals surface area contributed by atoms with Crippen molar-refractivity contribution in [1.29, 1.82) is 0 Å². The number of ether oxygens (including phenoxy) is 1. The summed E-state index contributed by atoms with van der Waals surface area (Å²) >= 11 is 0. The molecule has 6 nitrogen and oxygen atoms in total. The van der Waals surface area contributed by atoms with E-state index in [0.717, 1.165) is 25.7 Å². The quantitative estimate of drug-likeness (QED) is 0.844. The molecule has 2 rings (SSSR count). The molecular formula is C13H19N3O3. The second kappa shape index (κ2) is 6.36. The predicted molar refractivity (Wildman–Crippen MR) is 70.4 cm³/mol. The lowest BCUT2D eigenvalue weighted by molar-refractivity contribution is -0.135. The summed E-state index contributed by atoms with van der Waals surface area (Å²) in [6, 6.07) is 1.90. The number of hydrogen-bond donors (Lipinski definition) is 1. The molecular weight excluding hydrogens is 246 g/mol. The zero-order valence-electron chi connectivity index (χ0n) is 11.1. The van der Waals surface area contributed by atoms with E-state index in [2.05, 4.69) is 9.97 Å². The van der Waals surface area contributed by atoms with E-state index in [4.69, 9.17) is 9.84 Å². The van der Waals surface area contributed by atoms with Gasteiger partial charge >= 0.3 is 5.97 Å². The Balaban J connectivity index is 2.20. The average Bonchev–Trinajstić information content (AvgIpc) is 2.90. The number of hydrogen-bond acceptors (Lipinski definition) is 5. The van der Waals surface area contributed by atoms with Crippen LogP contribution < -0.4 is 9.64 Å². The highest BCUT2D eigenvalue weighted by Gasteiger charge is 2.26. The third-order valence-electron chi connectivity index (χ3n) is 3.24. The lowest BCUT2D eigenvalue weighted by Crippen LogP contribution is -2.38. The van der Waals surface area contributed by atoms with Crippen molar-refractivity contribution in [2.45, 2.75) is 38.6 Å². The highest BCUT2D eigenvalue weighted by molar-refractivity contribution is 5.73. The van der Waals surface area contributed by atoms with Gasteiger partial charge in [0.05, 0.1) is 6.61 Å². The summed E-state index contributed by atoms with van der Waals surface area (Å²) in [6.45, 7) is 2.34. The van der Waals surface area contributed by atoms with E-state index in [-0.39, 0.29) is 12.6 Å². The molecule has 6 heteroatoms. The van der Waals surface area contributed by atoms with Gasteiger partial charge in [0, 0.05) is 18.3 Å². The first-order chi connectivity index (χ1) is 9.20. The molecule has 0 radical (unpaired) electrons. The number of aromatic nitrogens is 2. The highest BCUT2D eigenvalue weighted by atomic mass is 16.5. The van der Waals surface area contributed by atoms with Crippen molar-refractivity contribution in [2.24, 2.45) is 0 Å². The van der Waals surface area contributed by atoms with Gasteiger partial charge in [0.25, 0.3) is 0 Å². The standard InChI is InChI=1S/C13H19N3O3/c1-2-19-11-7-8-14-13(15-11)16(9-12(17)18)10-5-3-4-6-10/h7-8,10H,2-6,9H2,1H3,(H,17,18). The molecule has 0 aliphatic heterocycles. The number of anilines is 1. The van der Waals surface area contributed by atoms with Gasteiger partial charge in [-0.2, -0.15) is 4.98 Å². The normalized spacial score (nSPS) is 15.4. The summed E-state index contributed by atoms with van der Waals surface area (Å²) in [5.41, 5.74) is 0. The minimum atomic E-state index is -0.864. The molecule has 0 amide bonds. The number of carbonyl (C=O) groups is 1. The minimum absolute atomic E-state index is 0.0692. The first-order valence-corrected chi connectivity index (χ1v) is 6.65. The largest absolute Gasteiger partial charge is 0.480 e. The molecule has 0 aromatic carbocycles. The van der Waals surface area contributed by atoms with E-state index in [1.54, 1.807) is 17.2 Å². The Labute approximate surface area is 112 Å². The Morgan fingerprint density at radius 1 is 1.53 bits per heavy atom. The molecule has 0 unspecified atom stereocenters. The van der Waals surface area contributed by atoms with E-state index in [1.165, 1.54) is 0 Å². The monoisotopic (exact) mass is 265 g/mol. The van der Waals surface area contributed by atoms with Crippen LogP contribution in [0.2, 0.25) is 0 Å². The molecule has 1 N–H and O–H groups in total. The van der Waals surface area contributed by atoms with Crippen molar-refractivity contribution >= 4 is 11.9 Å². The van der Waals surface area contributed by atoms with Crippen LogP contribution in [0.25, 0.3) is 0 Å². The van der Waals surface area contributed by atoms with Gasteiger partial charge in [0.15, 0.2) is 0 Å². The van der Waals surface area contributed by atoms with E-state index in [1.807, 2.05) is 6.92 Å². The minimum Gasteiger partial charge on any atom is -0.480 e. The van der Waals surface area contributed by atoms with Crippen LogP contribution in [0.15, 0.2) is 12.3 Å². The number of aliphatic carboxylic acids is 1. The Hall–Kier alpha value is -1.85. The van der Waals surface area contributed by atoms with Crippen LogP contribution in [-0.4, -0.2) is 40.2 Å². The Morgan fingerprint density at radius 3 is 2.89 bits per heavy atom. The third kappa shape index (κ3) is 3.56. The lowest BCUT2D eigenvalue weighted by Gasteiger charge is -2.27. The van der Waals surface area contributed by atoms with Crippen LogP contribution in [-0.2, 0) is 4.79 Å². The van der Waals surface area contributed by atoms with Gasteiger partial charge in [-0.25, -0.2) is 4.98 Å². The van der Waals surface area contributed by atoms with Crippen LogP contribution in [0.1, 0.15) is 32.6 Å². The topological polar surface area (TPSA) is 75.5 Å². The second-order valence-electron chi connectivity index (χ2n) is 4.59. The first kappa shape index (κ1) is 13.6. The molecule has 1 aliphatic rings. The Kier molecular flexibility index (Phi) is 4.54. The molecule has 1 aromatic rings. The smallest absolute Gasteiger partial charge is 0.323 e. The molecule has 0 bridgehead atoms. The van der Waals surface area contributed by atoms with Gasteiger partial charge in [-0.3, -0.25) is 4.79 Å². The van der Waals surface area contributed by atoms with E-state index in [0.29, 0.717) is 18.4 Å². The van der Waals surface area contributed by atoms with Crippen molar-refractivity contribution in [3.63, 3.8) is 0 Å². The Morgan fingerprint density at radius 2 is 2.26 bits per heavy atom. The van der Waals surface area contributed by atoms with Crippen LogP contribution >= 0.6 is 0 Å². The first-order valence-electron chi connectivity index (χ1n) is 6.65. The van der Waals surface area contributed by atoms with Crippen molar-refractivity contribution in [3.05, 3.63) is 12.3 Å². The molecule has 1 aromatic heterocycles. The second-order valence-corrected chi connectivity index (χ2v) is 4.59. The number of carboxylic acids is 1. The van der Waals surface area contributed by atoms with Crippen molar-refractivity contribution in [1.82, 2.24) is 9.97 Å². The summed E-state index contributed by atoms with van der Waals surface area (Å²) in [5.74, 6) is 0.0680. The van der Waals surface area contributed by atoms with Crippen LogP contribution in [0.5, 0.6) is 5.88 Å². The van der Waals surface area contributed by atoms with Crippen LogP contribution in [0.3, 0.4) is 0 Å². The molecule has 0 saturated heterocycles. The fraction of sp³-hybridized carbons (Fsp3) is 0.615. The maximum absolute atomic E-state index is 11.0. The fourth-order valence-corrected chi connectivity index (χ4v) is 2.42. The lowest BCUT2D eigenvalue weighted by atomic mass is 10.2. The van der Waals surface area contributed by atoms with Gasteiger partial charge < -0.3 is 14.7 Å². The van der Waals surface area contributed by atoms with Gasteiger partial charge in [0.2, 0.25) is 11.8 Å². The Bertz CT molecular complexity index is 433.